The van der Waals surface area contributed by atoms with Gasteiger partial charge in [0.05, 0.1) is 12.9 Å². The van der Waals surface area contributed by atoms with Gasteiger partial charge in [0.2, 0.25) is 0 Å². The fourth-order valence-corrected chi connectivity index (χ4v) is 2.64. The highest BCUT2D eigenvalue weighted by molar-refractivity contribution is 7.90. The van der Waals surface area contributed by atoms with E-state index >= 15 is 0 Å². The van der Waals surface area contributed by atoms with E-state index in [1.165, 1.54) is 6.26 Å². The minimum absolute atomic E-state index is 0.00539. The molecule has 1 unspecified atom stereocenters. The number of methoxy groups -OCH3 is 1. The lowest BCUT2D eigenvalue weighted by Gasteiger charge is -2.20. The molecule has 108 valence electrons. The summed E-state index contributed by atoms with van der Waals surface area (Å²) in [5.74, 6) is 0.969. The van der Waals surface area contributed by atoms with Crippen molar-refractivity contribution in [2.45, 2.75) is 25.8 Å². The lowest BCUT2D eigenvalue weighted by molar-refractivity contribution is 0.397. The summed E-state index contributed by atoms with van der Waals surface area (Å²) in [4.78, 5) is 0. The van der Waals surface area contributed by atoms with Crippen molar-refractivity contribution < 1.29 is 13.2 Å². The van der Waals surface area contributed by atoms with Gasteiger partial charge >= 0.3 is 0 Å². The normalized spacial score (nSPS) is 13.2. The Bertz CT molecular complexity index is 485. The molecule has 0 aliphatic carbocycles. The number of ether oxygens (including phenoxy) is 1. The highest BCUT2D eigenvalue weighted by Gasteiger charge is 2.17. The van der Waals surface area contributed by atoms with E-state index in [2.05, 4.69) is 12.2 Å². The van der Waals surface area contributed by atoms with Crippen LogP contribution in [0.5, 0.6) is 5.75 Å². The predicted octanol–water partition coefficient (Wildman–Crippen LogP) is 2.17. The van der Waals surface area contributed by atoms with E-state index in [9.17, 15) is 8.42 Å². The second kappa shape index (κ2) is 7.50. The van der Waals surface area contributed by atoms with Gasteiger partial charge in [-0.05, 0) is 25.5 Å². The Morgan fingerprint density at radius 3 is 2.58 bits per heavy atom. The van der Waals surface area contributed by atoms with Crippen molar-refractivity contribution in [1.29, 1.82) is 0 Å². The molecule has 0 fully saturated rings. The molecule has 5 heteroatoms. The van der Waals surface area contributed by atoms with Crippen molar-refractivity contribution in [3.8, 4) is 5.75 Å². The third kappa shape index (κ3) is 5.61. The highest BCUT2D eigenvalue weighted by atomic mass is 32.2. The average Bonchev–Trinajstić information content (AvgIpc) is 2.38. The molecule has 1 atom stereocenters. The number of para-hydroxylation sites is 1. The van der Waals surface area contributed by atoms with Crippen LogP contribution >= 0.6 is 0 Å². The van der Waals surface area contributed by atoms with Gasteiger partial charge in [-0.2, -0.15) is 0 Å². The Kier molecular flexibility index (Phi) is 6.31. The van der Waals surface area contributed by atoms with Crippen LogP contribution in [0, 0.1) is 0 Å². The maximum absolute atomic E-state index is 11.3. The number of rotatable bonds is 8. The van der Waals surface area contributed by atoms with Crippen molar-refractivity contribution in [2.75, 3.05) is 25.7 Å². The molecule has 1 N–H and O–H groups in total. The Labute approximate surface area is 116 Å². The van der Waals surface area contributed by atoms with Gasteiger partial charge in [-0.25, -0.2) is 8.42 Å². The first kappa shape index (κ1) is 16.0. The molecule has 0 aliphatic rings. The van der Waals surface area contributed by atoms with Gasteiger partial charge in [0.1, 0.15) is 15.6 Å². The summed E-state index contributed by atoms with van der Waals surface area (Å²) < 4.78 is 28.0. The Morgan fingerprint density at radius 2 is 2.00 bits per heavy atom. The topological polar surface area (TPSA) is 55.4 Å². The van der Waals surface area contributed by atoms with Crippen LogP contribution in [-0.2, 0) is 9.84 Å². The Balaban J connectivity index is 2.88. The van der Waals surface area contributed by atoms with E-state index in [0.717, 1.165) is 24.3 Å². The highest BCUT2D eigenvalue weighted by Crippen LogP contribution is 2.27. The maximum atomic E-state index is 11.3. The molecule has 1 aromatic rings. The third-order valence-electron chi connectivity index (χ3n) is 2.93. The number of nitrogens with one attached hydrogen (secondary N) is 1. The third-order valence-corrected chi connectivity index (χ3v) is 3.91. The van der Waals surface area contributed by atoms with Gasteiger partial charge in [-0.15, -0.1) is 0 Å². The largest absolute Gasteiger partial charge is 0.496 e. The molecule has 0 aromatic heterocycles. The minimum Gasteiger partial charge on any atom is -0.496 e. The van der Waals surface area contributed by atoms with Crippen LogP contribution < -0.4 is 10.1 Å². The van der Waals surface area contributed by atoms with Gasteiger partial charge < -0.3 is 10.1 Å². The summed E-state index contributed by atoms with van der Waals surface area (Å²) in [5, 5.41) is 3.39. The molecule has 19 heavy (non-hydrogen) atoms. The molecular weight excluding hydrogens is 262 g/mol. The van der Waals surface area contributed by atoms with Crippen LogP contribution in [0.4, 0.5) is 0 Å². The van der Waals surface area contributed by atoms with Gasteiger partial charge in [0.25, 0.3) is 0 Å². The van der Waals surface area contributed by atoms with Crippen LogP contribution in [0.2, 0.25) is 0 Å². The summed E-state index contributed by atoms with van der Waals surface area (Å²) in [6, 6.07) is 7.74. The number of benzene rings is 1. The predicted molar refractivity (Wildman–Crippen MR) is 78.4 cm³/mol. The minimum atomic E-state index is -2.95. The van der Waals surface area contributed by atoms with E-state index in [-0.39, 0.29) is 11.8 Å². The van der Waals surface area contributed by atoms with Gasteiger partial charge in [-0.1, -0.05) is 25.1 Å². The summed E-state index contributed by atoms with van der Waals surface area (Å²) in [6.07, 6.45) is 2.83. The van der Waals surface area contributed by atoms with Gasteiger partial charge in [0, 0.05) is 17.9 Å². The van der Waals surface area contributed by atoms with E-state index in [1.807, 2.05) is 24.3 Å². The molecule has 0 aliphatic heterocycles. The van der Waals surface area contributed by atoms with Gasteiger partial charge in [0.15, 0.2) is 0 Å². The second-order valence-electron chi connectivity index (χ2n) is 4.67. The van der Waals surface area contributed by atoms with Crippen LogP contribution in [0.3, 0.4) is 0 Å². The zero-order valence-electron chi connectivity index (χ0n) is 11.8. The van der Waals surface area contributed by atoms with E-state index in [1.54, 1.807) is 7.11 Å². The molecule has 0 spiro atoms. The lowest BCUT2D eigenvalue weighted by Crippen LogP contribution is -2.25. The first-order chi connectivity index (χ1) is 8.98. The molecule has 1 rings (SSSR count). The average molecular weight is 285 g/mol. The summed E-state index contributed by atoms with van der Waals surface area (Å²) >= 11 is 0. The molecule has 0 bridgehead atoms. The van der Waals surface area contributed by atoms with Crippen LogP contribution in [0.15, 0.2) is 24.3 Å². The van der Waals surface area contributed by atoms with Crippen LogP contribution in [-0.4, -0.2) is 34.1 Å². The fraction of sp³-hybridized carbons (Fsp3) is 0.571. The van der Waals surface area contributed by atoms with Crippen LogP contribution in [0.25, 0.3) is 0 Å². The summed E-state index contributed by atoms with van der Waals surface area (Å²) in [5.41, 5.74) is 1.02. The summed E-state index contributed by atoms with van der Waals surface area (Å²) in [6.45, 7) is 2.94. The van der Waals surface area contributed by atoms with Crippen molar-refractivity contribution in [3.63, 3.8) is 0 Å². The van der Waals surface area contributed by atoms with E-state index < -0.39 is 9.84 Å². The van der Waals surface area contributed by atoms with Crippen molar-refractivity contribution in [3.05, 3.63) is 29.8 Å². The molecule has 4 nitrogen and oxygen atoms in total. The van der Waals surface area contributed by atoms with Crippen LogP contribution in [0.1, 0.15) is 31.4 Å². The van der Waals surface area contributed by atoms with Crippen molar-refractivity contribution in [2.24, 2.45) is 0 Å². The maximum Gasteiger partial charge on any atom is 0.147 e. The molecule has 0 saturated heterocycles. The SMILES string of the molecule is CCCNC(CCS(C)(=O)=O)c1ccccc1OC. The number of sulfone groups is 1. The zero-order chi connectivity index (χ0) is 14.3. The molecule has 0 radical (unpaired) electrons. The molecular formula is C14H23NO3S. The first-order valence-corrected chi connectivity index (χ1v) is 8.58. The smallest absolute Gasteiger partial charge is 0.147 e. The fourth-order valence-electron chi connectivity index (χ4n) is 1.97. The molecule has 0 saturated carbocycles. The molecule has 0 amide bonds. The number of hydrogen-bond acceptors (Lipinski definition) is 4. The number of hydrogen-bond donors (Lipinski definition) is 1. The Morgan fingerprint density at radius 1 is 1.32 bits per heavy atom. The molecule has 0 heterocycles. The first-order valence-electron chi connectivity index (χ1n) is 6.52. The Hall–Kier alpha value is -1.07. The summed E-state index contributed by atoms with van der Waals surface area (Å²) in [7, 11) is -1.32. The van der Waals surface area contributed by atoms with E-state index in [4.69, 9.17) is 4.74 Å². The lowest BCUT2D eigenvalue weighted by atomic mass is 10.0. The van der Waals surface area contributed by atoms with Crippen molar-refractivity contribution >= 4 is 9.84 Å². The molecule has 1 aromatic carbocycles. The standard InChI is InChI=1S/C14H23NO3S/c1-4-10-15-13(9-11-19(3,16)17)12-7-5-6-8-14(12)18-2/h5-8,13,15H,4,9-11H2,1-3H3. The second-order valence-corrected chi connectivity index (χ2v) is 6.93. The quantitative estimate of drug-likeness (QED) is 0.795. The van der Waals surface area contributed by atoms with E-state index in [0.29, 0.717) is 6.42 Å². The monoisotopic (exact) mass is 285 g/mol. The van der Waals surface area contributed by atoms with Gasteiger partial charge in [-0.3, -0.25) is 0 Å². The van der Waals surface area contributed by atoms with Crippen molar-refractivity contribution in [1.82, 2.24) is 5.32 Å². The zero-order valence-corrected chi connectivity index (χ0v) is 12.7.